The van der Waals surface area contributed by atoms with Crippen LogP contribution >= 0.6 is 24.0 Å². The van der Waals surface area contributed by atoms with Crippen LogP contribution in [0, 0.1) is 5.92 Å². The van der Waals surface area contributed by atoms with E-state index in [1.54, 1.807) is 4.90 Å². The first kappa shape index (κ1) is 20.8. The Bertz CT molecular complexity index is 605. The Balaban J connectivity index is 0.00000288. The summed E-state index contributed by atoms with van der Waals surface area (Å²) in [5.41, 5.74) is -0.606. The van der Waals surface area contributed by atoms with Gasteiger partial charge in [0.2, 0.25) is 5.91 Å². The van der Waals surface area contributed by atoms with Gasteiger partial charge in [0.05, 0.1) is 5.56 Å². The standard InChI is InChI=1S/C16H18ClF3N2O.ClH/c1-21-9-11-6-7-22(10-11)15(23)5-2-12-8-13(16(18,19)20)3-4-14(12)17;/h2-5,8,11,21H,6-7,9-10H2,1H3;1H. The van der Waals surface area contributed by atoms with Gasteiger partial charge in [0, 0.05) is 24.2 Å². The number of amides is 1. The Morgan fingerprint density at radius 2 is 2.17 bits per heavy atom. The summed E-state index contributed by atoms with van der Waals surface area (Å²) in [5, 5.41) is 3.25. The molecule has 1 saturated heterocycles. The molecule has 1 aromatic rings. The second-order valence-corrected chi connectivity index (χ2v) is 5.97. The highest BCUT2D eigenvalue weighted by atomic mass is 35.5. The van der Waals surface area contributed by atoms with E-state index in [4.69, 9.17) is 11.6 Å². The average Bonchev–Trinajstić information content (AvgIpc) is 2.94. The van der Waals surface area contributed by atoms with Crippen molar-refractivity contribution in [1.82, 2.24) is 10.2 Å². The number of hydrogen-bond acceptors (Lipinski definition) is 2. The molecule has 1 amide bonds. The van der Waals surface area contributed by atoms with Crippen molar-refractivity contribution in [2.24, 2.45) is 5.92 Å². The van der Waals surface area contributed by atoms with Gasteiger partial charge in [-0.2, -0.15) is 13.2 Å². The van der Waals surface area contributed by atoms with Gasteiger partial charge >= 0.3 is 6.18 Å². The van der Waals surface area contributed by atoms with Crippen molar-refractivity contribution >= 4 is 36.0 Å². The second kappa shape index (κ2) is 8.74. The zero-order chi connectivity index (χ0) is 17.0. The third-order valence-corrected chi connectivity index (χ3v) is 4.16. The van der Waals surface area contributed by atoms with E-state index in [1.807, 2.05) is 7.05 Å². The SMILES string of the molecule is CNCC1CCN(C(=O)C=Cc2cc(C(F)(F)F)ccc2Cl)C1.Cl. The van der Waals surface area contributed by atoms with Gasteiger partial charge in [0.1, 0.15) is 0 Å². The summed E-state index contributed by atoms with van der Waals surface area (Å²) in [6.45, 7) is 2.15. The highest BCUT2D eigenvalue weighted by Gasteiger charge is 2.30. The number of carbonyl (C=O) groups is 1. The van der Waals surface area contributed by atoms with Crippen LogP contribution in [0.25, 0.3) is 6.08 Å². The largest absolute Gasteiger partial charge is 0.416 e. The Morgan fingerprint density at radius 1 is 1.46 bits per heavy atom. The molecule has 3 nitrogen and oxygen atoms in total. The molecule has 1 heterocycles. The molecule has 1 aliphatic heterocycles. The maximum Gasteiger partial charge on any atom is 0.416 e. The zero-order valence-corrected chi connectivity index (χ0v) is 14.6. The fourth-order valence-electron chi connectivity index (χ4n) is 2.60. The van der Waals surface area contributed by atoms with Crippen molar-refractivity contribution in [1.29, 1.82) is 0 Å². The molecular weight excluding hydrogens is 364 g/mol. The summed E-state index contributed by atoms with van der Waals surface area (Å²) < 4.78 is 38.1. The number of likely N-dealkylation sites (tertiary alicyclic amines) is 1. The highest BCUT2D eigenvalue weighted by molar-refractivity contribution is 6.32. The maximum atomic E-state index is 12.7. The van der Waals surface area contributed by atoms with Gasteiger partial charge in [-0.3, -0.25) is 4.79 Å². The summed E-state index contributed by atoms with van der Waals surface area (Å²) in [5.74, 6) is 0.201. The van der Waals surface area contributed by atoms with E-state index in [0.717, 1.165) is 25.1 Å². The fraction of sp³-hybridized carbons (Fsp3) is 0.438. The lowest BCUT2D eigenvalue weighted by Gasteiger charge is -2.14. The summed E-state index contributed by atoms with van der Waals surface area (Å²) in [6, 6.07) is 3.05. The van der Waals surface area contributed by atoms with Gasteiger partial charge in [-0.1, -0.05) is 11.6 Å². The number of rotatable bonds is 4. The Hall–Kier alpha value is -1.24. The summed E-state index contributed by atoms with van der Waals surface area (Å²) >= 11 is 5.90. The fourth-order valence-corrected chi connectivity index (χ4v) is 2.78. The molecule has 1 fully saturated rings. The number of nitrogens with zero attached hydrogens (tertiary/aromatic N) is 1. The lowest BCUT2D eigenvalue weighted by molar-refractivity contribution is -0.137. The predicted molar refractivity (Wildman–Crippen MR) is 91.3 cm³/mol. The quantitative estimate of drug-likeness (QED) is 0.801. The van der Waals surface area contributed by atoms with Crippen molar-refractivity contribution in [3.63, 3.8) is 0 Å². The molecule has 1 atom stereocenters. The summed E-state index contributed by atoms with van der Waals surface area (Å²) in [7, 11) is 1.86. The van der Waals surface area contributed by atoms with Crippen molar-refractivity contribution in [2.75, 3.05) is 26.7 Å². The van der Waals surface area contributed by atoms with E-state index in [-0.39, 0.29) is 28.9 Å². The third-order valence-electron chi connectivity index (χ3n) is 3.82. The number of benzene rings is 1. The van der Waals surface area contributed by atoms with Crippen LogP contribution in [0.4, 0.5) is 13.2 Å². The number of alkyl halides is 3. The minimum atomic E-state index is -4.44. The normalized spacial score (nSPS) is 18.0. The molecule has 0 radical (unpaired) electrons. The predicted octanol–water partition coefficient (Wildman–Crippen LogP) is 3.86. The number of halogens is 5. The smallest absolute Gasteiger partial charge is 0.339 e. The van der Waals surface area contributed by atoms with Crippen LogP contribution in [-0.2, 0) is 11.0 Å². The monoisotopic (exact) mass is 382 g/mol. The van der Waals surface area contributed by atoms with Crippen LogP contribution in [0.1, 0.15) is 17.5 Å². The number of nitrogens with one attached hydrogen (secondary N) is 1. The van der Waals surface area contributed by atoms with Crippen LogP contribution in [-0.4, -0.2) is 37.5 Å². The molecule has 1 aliphatic rings. The lowest BCUT2D eigenvalue weighted by atomic mass is 10.1. The number of hydrogen-bond donors (Lipinski definition) is 1. The lowest BCUT2D eigenvalue weighted by Crippen LogP contribution is -2.28. The van der Waals surface area contributed by atoms with Crippen LogP contribution in [0.3, 0.4) is 0 Å². The van der Waals surface area contributed by atoms with E-state index in [1.165, 1.54) is 18.2 Å². The summed E-state index contributed by atoms with van der Waals surface area (Å²) in [4.78, 5) is 13.8. The molecule has 0 aromatic heterocycles. The van der Waals surface area contributed by atoms with Gasteiger partial charge in [0.15, 0.2) is 0 Å². The van der Waals surface area contributed by atoms with Crippen molar-refractivity contribution < 1.29 is 18.0 Å². The molecule has 0 saturated carbocycles. The molecule has 1 aromatic carbocycles. The Kier molecular flexibility index (Phi) is 7.57. The van der Waals surface area contributed by atoms with E-state index in [9.17, 15) is 18.0 Å². The molecule has 1 unspecified atom stereocenters. The molecule has 134 valence electrons. The second-order valence-electron chi connectivity index (χ2n) is 5.56. The first-order chi connectivity index (χ1) is 10.8. The van der Waals surface area contributed by atoms with Crippen LogP contribution in [0.5, 0.6) is 0 Å². The van der Waals surface area contributed by atoms with Gasteiger partial charge in [-0.15, -0.1) is 12.4 Å². The van der Waals surface area contributed by atoms with Crippen molar-refractivity contribution in [3.05, 3.63) is 40.4 Å². The van der Waals surface area contributed by atoms with Crippen LogP contribution in [0.2, 0.25) is 5.02 Å². The van der Waals surface area contributed by atoms with Crippen LogP contribution in [0.15, 0.2) is 24.3 Å². The maximum absolute atomic E-state index is 12.7. The van der Waals surface area contributed by atoms with Crippen LogP contribution < -0.4 is 5.32 Å². The highest BCUT2D eigenvalue weighted by Crippen LogP contribution is 2.32. The summed E-state index contributed by atoms with van der Waals surface area (Å²) in [6.07, 6.45) is -0.897. The Labute approximate surface area is 150 Å². The van der Waals surface area contributed by atoms with E-state index >= 15 is 0 Å². The van der Waals surface area contributed by atoms with Gasteiger partial charge in [-0.25, -0.2) is 0 Å². The van der Waals surface area contributed by atoms with Crippen molar-refractivity contribution in [3.8, 4) is 0 Å². The molecule has 0 spiro atoms. The van der Waals surface area contributed by atoms with Gasteiger partial charge in [-0.05, 0) is 55.8 Å². The van der Waals surface area contributed by atoms with Crippen molar-refractivity contribution in [2.45, 2.75) is 12.6 Å². The zero-order valence-electron chi connectivity index (χ0n) is 13.1. The molecule has 0 bridgehead atoms. The Morgan fingerprint density at radius 3 is 2.79 bits per heavy atom. The minimum Gasteiger partial charge on any atom is -0.339 e. The molecular formula is C16H19Cl2F3N2O. The third kappa shape index (κ3) is 5.40. The molecule has 24 heavy (non-hydrogen) atoms. The van der Waals surface area contributed by atoms with E-state index in [0.29, 0.717) is 19.0 Å². The van der Waals surface area contributed by atoms with Gasteiger partial charge < -0.3 is 10.2 Å². The average molecular weight is 383 g/mol. The van der Waals surface area contributed by atoms with Gasteiger partial charge in [0.25, 0.3) is 0 Å². The molecule has 8 heteroatoms. The molecule has 2 rings (SSSR count). The topological polar surface area (TPSA) is 32.3 Å². The molecule has 1 N–H and O–H groups in total. The number of carbonyl (C=O) groups excluding carboxylic acids is 1. The first-order valence-electron chi connectivity index (χ1n) is 7.29. The molecule has 0 aliphatic carbocycles. The van der Waals surface area contributed by atoms with E-state index < -0.39 is 11.7 Å². The minimum absolute atomic E-state index is 0. The first-order valence-corrected chi connectivity index (χ1v) is 7.67. The van der Waals surface area contributed by atoms with E-state index in [2.05, 4.69) is 5.32 Å².